The lowest BCUT2D eigenvalue weighted by Gasteiger charge is -1.79. The largest absolute Gasteiger partial charge is 0.400 e. The summed E-state index contributed by atoms with van der Waals surface area (Å²) in [5.41, 5.74) is 1.90. The van der Waals surface area contributed by atoms with Crippen LogP contribution in [0.4, 0.5) is 0 Å². The number of aliphatic hydroxyl groups is 1. The maximum Gasteiger partial charge on any atom is 0.112 e. The third-order valence-corrected chi connectivity index (χ3v) is 1.23. The molecule has 0 saturated carbocycles. The molecule has 0 bridgehead atoms. The summed E-state index contributed by atoms with van der Waals surface area (Å²) in [6.07, 6.45) is 0. The SMILES string of the molecule is CO.c1ccc2[nH]nnc2c1. The van der Waals surface area contributed by atoms with E-state index in [-0.39, 0.29) is 0 Å². The van der Waals surface area contributed by atoms with Crippen LogP contribution in [0.2, 0.25) is 0 Å². The molecular formula is C7H9N3O. The number of nitrogens with one attached hydrogen (secondary N) is 1. The number of para-hydroxylation sites is 1. The van der Waals surface area contributed by atoms with Crippen molar-refractivity contribution < 1.29 is 5.11 Å². The van der Waals surface area contributed by atoms with Gasteiger partial charge in [-0.25, -0.2) is 0 Å². The second-order valence-corrected chi connectivity index (χ2v) is 1.83. The quantitative estimate of drug-likeness (QED) is 0.578. The van der Waals surface area contributed by atoms with Crippen LogP contribution in [0.15, 0.2) is 24.3 Å². The molecule has 1 aromatic heterocycles. The van der Waals surface area contributed by atoms with Crippen molar-refractivity contribution in [2.45, 2.75) is 0 Å². The van der Waals surface area contributed by atoms with Crippen molar-refractivity contribution in [1.29, 1.82) is 0 Å². The fourth-order valence-electron chi connectivity index (χ4n) is 0.788. The molecule has 0 aliphatic rings. The maximum absolute atomic E-state index is 7.00. The zero-order chi connectivity index (χ0) is 8.10. The fourth-order valence-corrected chi connectivity index (χ4v) is 0.788. The molecule has 2 aromatic rings. The summed E-state index contributed by atoms with van der Waals surface area (Å²) in [5, 5.41) is 17.2. The average molecular weight is 151 g/mol. The summed E-state index contributed by atoms with van der Waals surface area (Å²) in [5.74, 6) is 0. The van der Waals surface area contributed by atoms with E-state index in [1.165, 1.54) is 0 Å². The molecule has 0 saturated heterocycles. The van der Waals surface area contributed by atoms with E-state index < -0.39 is 0 Å². The minimum Gasteiger partial charge on any atom is -0.400 e. The molecule has 4 heteroatoms. The van der Waals surface area contributed by atoms with Crippen LogP contribution in [0.25, 0.3) is 11.0 Å². The van der Waals surface area contributed by atoms with Crippen LogP contribution >= 0.6 is 0 Å². The first-order chi connectivity index (χ1) is 5.47. The molecule has 1 aromatic carbocycles. The van der Waals surface area contributed by atoms with E-state index >= 15 is 0 Å². The van der Waals surface area contributed by atoms with E-state index in [0.29, 0.717) is 0 Å². The van der Waals surface area contributed by atoms with Crippen LogP contribution in [0, 0.1) is 0 Å². The Kier molecular flexibility index (Phi) is 2.57. The van der Waals surface area contributed by atoms with E-state index in [9.17, 15) is 0 Å². The van der Waals surface area contributed by atoms with Gasteiger partial charge in [0.1, 0.15) is 5.52 Å². The lowest BCUT2D eigenvalue weighted by molar-refractivity contribution is 0.399. The van der Waals surface area contributed by atoms with Crippen LogP contribution in [0.1, 0.15) is 0 Å². The van der Waals surface area contributed by atoms with Crippen molar-refractivity contribution >= 4 is 11.0 Å². The molecule has 0 aliphatic heterocycles. The summed E-state index contributed by atoms with van der Waals surface area (Å²) in [6, 6.07) is 7.74. The Balaban J connectivity index is 0.000000281. The number of hydrogen-bond donors (Lipinski definition) is 2. The number of aromatic nitrogens is 3. The van der Waals surface area contributed by atoms with Crippen molar-refractivity contribution in [1.82, 2.24) is 15.4 Å². The lowest BCUT2D eigenvalue weighted by atomic mass is 10.3. The van der Waals surface area contributed by atoms with E-state index in [1.807, 2.05) is 24.3 Å². The molecule has 0 spiro atoms. The highest BCUT2D eigenvalue weighted by Crippen LogP contribution is 2.03. The maximum atomic E-state index is 7.00. The lowest BCUT2D eigenvalue weighted by Crippen LogP contribution is -1.63. The van der Waals surface area contributed by atoms with Gasteiger partial charge in [0.15, 0.2) is 0 Å². The summed E-state index contributed by atoms with van der Waals surface area (Å²) in [4.78, 5) is 0. The normalized spacial score (nSPS) is 8.91. The Morgan fingerprint density at radius 3 is 2.73 bits per heavy atom. The molecule has 0 amide bonds. The second-order valence-electron chi connectivity index (χ2n) is 1.83. The third-order valence-electron chi connectivity index (χ3n) is 1.23. The highest BCUT2D eigenvalue weighted by atomic mass is 16.2. The van der Waals surface area contributed by atoms with E-state index in [1.54, 1.807) is 0 Å². The van der Waals surface area contributed by atoms with Crippen molar-refractivity contribution in [2.75, 3.05) is 7.11 Å². The minimum absolute atomic E-state index is 0.914. The first-order valence-electron chi connectivity index (χ1n) is 3.17. The van der Waals surface area contributed by atoms with Gasteiger partial charge in [0, 0.05) is 7.11 Å². The van der Waals surface area contributed by atoms with Crippen molar-refractivity contribution in [3.63, 3.8) is 0 Å². The number of hydrogen-bond acceptors (Lipinski definition) is 3. The van der Waals surface area contributed by atoms with Gasteiger partial charge in [0.05, 0.1) is 5.52 Å². The van der Waals surface area contributed by atoms with E-state index in [4.69, 9.17) is 5.11 Å². The first-order valence-corrected chi connectivity index (χ1v) is 3.17. The monoisotopic (exact) mass is 151 g/mol. The fraction of sp³-hybridized carbons (Fsp3) is 0.143. The van der Waals surface area contributed by atoms with Gasteiger partial charge in [-0.05, 0) is 12.1 Å². The van der Waals surface area contributed by atoms with Gasteiger partial charge < -0.3 is 5.11 Å². The summed E-state index contributed by atoms with van der Waals surface area (Å²) in [6.45, 7) is 0. The predicted molar refractivity (Wildman–Crippen MR) is 42.0 cm³/mol. The number of rotatable bonds is 0. The van der Waals surface area contributed by atoms with E-state index in [2.05, 4.69) is 15.4 Å². The first kappa shape index (κ1) is 7.68. The highest BCUT2D eigenvalue weighted by molar-refractivity contribution is 5.72. The minimum atomic E-state index is 0.914. The molecule has 0 unspecified atom stereocenters. The number of nitrogens with zero attached hydrogens (tertiary/aromatic N) is 2. The topological polar surface area (TPSA) is 61.8 Å². The molecule has 11 heavy (non-hydrogen) atoms. The third kappa shape index (κ3) is 1.53. The number of benzene rings is 1. The molecule has 0 fully saturated rings. The van der Waals surface area contributed by atoms with Crippen molar-refractivity contribution in [3.05, 3.63) is 24.3 Å². The molecule has 4 nitrogen and oxygen atoms in total. The number of aliphatic hydroxyl groups excluding tert-OH is 1. The predicted octanol–water partition coefficient (Wildman–Crippen LogP) is 0.566. The molecule has 0 atom stereocenters. The van der Waals surface area contributed by atoms with Crippen molar-refractivity contribution in [3.8, 4) is 0 Å². The Labute approximate surface area is 63.9 Å². The summed E-state index contributed by atoms with van der Waals surface area (Å²) < 4.78 is 0. The Morgan fingerprint density at radius 1 is 1.27 bits per heavy atom. The van der Waals surface area contributed by atoms with Crippen LogP contribution in [-0.2, 0) is 0 Å². The highest BCUT2D eigenvalue weighted by Gasteiger charge is 1.90. The smallest absolute Gasteiger partial charge is 0.112 e. The van der Waals surface area contributed by atoms with Gasteiger partial charge in [-0.15, -0.1) is 5.10 Å². The van der Waals surface area contributed by atoms with Crippen molar-refractivity contribution in [2.24, 2.45) is 0 Å². The number of H-pyrrole nitrogens is 1. The van der Waals surface area contributed by atoms with Gasteiger partial charge >= 0.3 is 0 Å². The number of aromatic amines is 1. The molecular weight excluding hydrogens is 142 g/mol. The molecule has 1 heterocycles. The standard InChI is InChI=1S/C6H5N3.CH4O/c1-2-4-6-5(3-1)7-9-8-6;1-2/h1-4H,(H,7,8,9);2H,1H3. The summed E-state index contributed by atoms with van der Waals surface area (Å²) >= 11 is 0. The molecule has 2 N–H and O–H groups in total. The summed E-state index contributed by atoms with van der Waals surface area (Å²) in [7, 11) is 1.00. The van der Waals surface area contributed by atoms with Gasteiger partial charge in [0.25, 0.3) is 0 Å². The average Bonchev–Trinajstić information content (AvgIpc) is 2.55. The number of fused-ring (bicyclic) bond motifs is 1. The van der Waals surface area contributed by atoms with Crippen LogP contribution in [-0.4, -0.2) is 27.6 Å². The molecule has 2 rings (SSSR count). The van der Waals surface area contributed by atoms with E-state index in [0.717, 1.165) is 18.1 Å². The molecule has 58 valence electrons. The van der Waals surface area contributed by atoms with Gasteiger partial charge in [0.2, 0.25) is 0 Å². The second kappa shape index (κ2) is 3.68. The van der Waals surface area contributed by atoms with Gasteiger partial charge in [-0.3, -0.25) is 5.10 Å². The Morgan fingerprint density at radius 2 is 2.00 bits per heavy atom. The Bertz CT molecular complexity index is 288. The Hall–Kier alpha value is -1.42. The van der Waals surface area contributed by atoms with Crippen LogP contribution in [0.3, 0.4) is 0 Å². The van der Waals surface area contributed by atoms with Gasteiger partial charge in [-0.1, -0.05) is 17.3 Å². The van der Waals surface area contributed by atoms with Crippen LogP contribution in [0.5, 0.6) is 0 Å². The van der Waals surface area contributed by atoms with Gasteiger partial charge in [-0.2, -0.15) is 0 Å². The molecule has 0 aliphatic carbocycles. The van der Waals surface area contributed by atoms with Crippen LogP contribution < -0.4 is 0 Å². The zero-order valence-electron chi connectivity index (χ0n) is 6.15. The zero-order valence-corrected chi connectivity index (χ0v) is 6.15. The molecule has 0 radical (unpaired) electrons.